The molecule has 2 aromatic rings. The van der Waals surface area contributed by atoms with Gasteiger partial charge in [0.05, 0.1) is 0 Å². The van der Waals surface area contributed by atoms with E-state index in [0.29, 0.717) is 6.42 Å². The average Bonchev–Trinajstić information content (AvgIpc) is 2.41. The molecule has 0 spiro atoms. The number of benzene rings is 2. The second-order valence-electron chi connectivity index (χ2n) is 4.18. The molecule has 19 heavy (non-hydrogen) atoms. The fourth-order valence-electron chi connectivity index (χ4n) is 1.72. The van der Waals surface area contributed by atoms with E-state index in [1.54, 1.807) is 12.1 Å². The highest BCUT2D eigenvalue weighted by Crippen LogP contribution is 2.13. The molecule has 0 heterocycles. The Labute approximate surface area is 108 Å². The Morgan fingerprint density at radius 1 is 0.895 bits per heavy atom. The maximum absolute atomic E-state index is 13.0. The summed E-state index contributed by atoms with van der Waals surface area (Å²) in [6.45, 7) is 0. The number of hydrogen-bond donors (Lipinski definition) is 0. The number of hydrogen-bond acceptors (Lipinski definition) is 1. The van der Waals surface area contributed by atoms with Crippen LogP contribution < -0.4 is 0 Å². The minimum absolute atomic E-state index is 0.140. The summed E-state index contributed by atoms with van der Waals surface area (Å²) < 4.78 is 38.4. The molecule has 0 unspecified atom stereocenters. The Morgan fingerprint density at radius 2 is 1.58 bits per heavy atom. The van der Waals surface area contributed by atoms with Crippen LogP contribution in [0.3, 0.4) is 0 Å². The summed E-state index contributed by atoms with van der Waals surface area (Å²) in [5, 5.41) is 0. The van der Waals surface area contributed by atoms with Crippen molar-refractivity contribution < 1.29 is 18.0 Å². The number of carbonyl (C=O) groups excluding carboxylic acids is 1. The van der Waals surface area contributed by atoms with Gasteiger partial charge in [-0.3, -0.25) is 4.79 Å². The molecule has 0 saturated carbocycles. The quantitative estimate of drug-likeness (QED) is 0.765. The summed E-state index contributed by atoms with van der Waals surface area (Å²) in [4.78, 5) is 11.8. The minimum atomic E-state index is -1.03. The Kier molecular flexibility index (Phi) is 4.00. The number of Topliss-reactive ketones (excluding diaryl/α,β-unsaturated/α-hetero) is 1. The molecule has 0 saturated heterocycles. The predicted molar refractivity (Wildman–Crippen MR) is 65.4 cm³/mol. The van der Waals surface area contributed by atoms with Gasteiger partial charge in [-0.1, -0.05) is 12.1 Å². The number of aryl methyl sites for hydroxylation is 1. The van der Waals surface area contributed by atoms with E-state index in [9.17, 15) is 18.0 Å². The zero-order valence-corrected chi connectivity index (χ0v) is 10.00. The third-order valence-corrected chi connectivity index (χ3v) is 2.80. The summed E-state index contributed by atoms with van der Waals surface area (Å²) in [5.74, 6) is -2.62. The second kappa shape index (κ2) is 5.69. The monoisotopic (exact) mass is 264 g/mol. The van der Waals surface area contributed by atoms with Crippen LogP contribution in [0.25, 0.3) is 0 Å². The Balaban J connectivity index is 2.01. The molecule has 2 aromatic carbocycles. The van der Waals surface area contributed by atoms with Crippen LogP contribution in [0.1, 0.15) is 22.3 Å². The van der Waals surface area contributed by atoms with Crippen molar-refractivity contribution in [1.82, 2.24) is 0 Å². The van der Waals surface area contributed by atoms with Crippen LogP contribution in [-0.4, -0.2) is 5.78 Å². The fraction of sp³-hybridized carbons (Fsp3) is 0.133. The van der Waals surface area contributed by atoms with Crippen molar-refractivity contribution in [2.45, 2.75) is 12.8 Å². The van der Waals surface area contributed by atoms with Crippen molar-refractivity contribution in [2.75, 3.05) is 0 Å². The van der Waals surface area contributed by atoms with Gasteiger partial charge in [-0.05, 0) is 42.3 Å². The first-order valence-corrected chi connectivity index (χ1v) is 5.79. The van der Waals surface area contributed by atoms with Crippen LogP contribution in [-0.2, 0) is 6.42 Å². The number of carbonyl (C=O) groups is 1. The maximum atomic E-state index is 13.0. The molecule has 0 fully saturated rings. The zero-order valence-electron chi connectivity index (χ0n) is 10.00. The summed E-state index contributed by atoms with van der Waals surface area (Å²) >= 11 is 0. The van der Waals surface area contributed by atoms with Gasteiger partial charge in [0.15, 0.2) is 17.4 Å². The van der Waals surface area contributed by atoms with E-state index < -0.39 is 11.6 Å². The summed E-state index contributed by atoms with van der Waals surface area (Å²) in [7, 11) is 0. The molecule has 98 valence electrons. The smallest absolute Gasteiger partial charge is 0.163 e. The Hall–Kier alpha value is -2.10. The van der Waals surface area contributed by atoms with Crippen molar-refractivity contribution in [3.05, 3.63) is 71.0 Å². The molecular formula is C15H11F3O. The van der Waals surface area contributed by atoms with Gasteiger partial charge in [0, 0.05) is 12.0 Å². The summed E-state index contributed by atoms with van der Waals surface area (Å²) in [6, 6.07) is 8.89. The number of halogens is 3. The van der Waals surface area contributed by atoms with Gasteiger partial charge in [0.25, 0.3) is 0 Å². The molecule has 0 N–H and O–H groups in total. The molecule has 4 heteroatoms. The van der Waals surface area contributed by atoms with Crippen LogP contribution in [0, 0.1) is 17.5 Å². The normalized spacial score (nSPS) is 10.5. The lowest BCUT2D eigenvalue weighted by Crippen LogP contribution is -2.02. The third-order valence-electron chi connectivity index (χ3n) is 2.80. The lowest BCUT2D eigenvalue weighted by molar-refractivity contribution is 0.0982. The van der Waals surface area contributed by atoms with E-state index in [1.807, 2.05) is 0 Å². The lowest BCUT2D eigenvalue weighted by Gasteiger charge is -2.02. The first-order chi connectivity index (χ1) is 9.06. The first-order valence-electron chi connectivity index (χ1n) is 5.79. The van der Waals surface area contributed by atoms with Gasteiger partial charge < -0.3 is 0 Å². The summed E-state index contributed by atoms with van der Waals surface area (Å²) in [6.07, 6.45) is 0.592. The lowest BCUT2D eigenvalue weighted by atomic mass is 10.0. The SMILES string of the molecule is O=C(CCc1ccc(F)cc1)c1ccc(F)c(F)c1. The molecule has 0 aliphatic rings. The van der Waals surface area contributed by atoms with Crippen LogP contribution in [0.15, 0.2) is 42.5 Å². The molecular weight excluding hydrogens is 253 g/mol. The largest absolute Gasteiger partial charge is 0.294 e. The molecule has 0 aromatic heterocycles. The van der Waals surface area contributed by atoms with Crippen LogP contribution in [0.5, 0.6) is 0 Å². The van der Waals surface area contributed by atoms with E-state index in [4.69, 9.17) is 0 Å². The van der Waals surface area contributed by atoms with Crippen LogP contribution in [0.2, 0.25) is 0 Å². The molecule has 0 aliphatic heterocycles. The highest BCUT2D eigenvalue weighted by molar-refractivity contribution is 5.96. The van der Waals surface area contributed by atoms with Crippen molar-refractivity contribution >= 4 is 5.78 Å². The van der Waals surface area contributed by atoms with E-state index in [2.05, 4.69) is 0 Å². The number of ketones is 1. The molecule has 0 amide bonds. The van der Waals surface area contributed by atoms with Crippen molar-refractivity contribution in [1.29, 1.82) is 0 Å². The molecule has 0 bridgehead atoms. The Morgan fingerprint density at radius 3 is 2.21 bits per heavy atom. The van der Waals surface area contributed by atoms with E-state index in [0.717, 1.165) is 17.7 Å². The minimum Gasteiger partial charge on any atom is -0.294 e. The molecule has 0 aliphatic carbocycles. The van der Waals surface area contributed by atoms with Gasteiger partial charge in [0.2, 0.25) is 0 Å². The van der Waals surface area contributed by atoms with Gasteiger partial charge in [-0.25, -0.2) is 13.2 Å². The average molecular weight is 264 g/mol. The highest BCUT2D eigenvalue weighted by Gasteiger charge is 2.09. The van der Waals surface area contributed by atoms with Gasteiger partial charge in [-0.2, -0.15) is 0 Å². The zero-order chi connectivity index (χ0) is 13.8. The second-order valence-corrected chi connectivity index (χ2v) is 4.18. The van der Waals surface area contributed by atoms with E-state index in [1.165, 1.54) is 18.2 Å². The number of rotatable bonds is 4. The fourth-order valence-corrected chi connectivity index (χ4v) is 1.72. The standard InChI is InChI=1S/C15H11F3O/c16-12-5-1-10(2-6-12)3-8-15(19)11-4-7-13(17)14(18)9-11/h1-2,4-7,9H,3,8H2. The van der Waals surface area contributed by atoms with Gasteiger partial charge in [0.1, 0.15) is 5.82 Å². The van der Waals surface area contributed by atoms with E-state index >= 15 is 0 Å². The van der Waals surface area contributed by atoms with E-state index in [-0.39, 0.29) is 23.6 Å². The maximum Gasteiger partial charge on any atom is 0.163 e. The van der Waals surface area contributed by atoms with Gasteiger partial charge in [-0.15, -0.1) is 0 Å². The Bertz CT molecular complexity index is 591. The van der Waals surface area contributed by atoms with Crippen molar-refractivity contribution in [3.8, 4) is 0 Å². The molecule has 2 rings (SSSR count). The molecule has 1 nitrogen and oxygen atoms in total. The van der Waals surface area contributed by atoms with Crippen molar-refractivity contribution in [3.63, 3.8) is 0 Å². The van der Waals surface area contributed by atoms with Gasteiger partial charge >= 0.3 is 0 Å². The summed E-state index contributed by atoms with van der Waals surface area (Å²) in [5.41, 5.74) is 0.957. The van der Waals surface area contributed by atoms with Crippen molar-refractivity contribution in [2.24, 2.45) is 0 Å². The van der Waals surface area contributed by atoms with Crippen LogP contribution >= 0.6 is 0 Å². The highest BCUT2D eigenvalue weighted by atomic mass is 19.2. The topological polar surface area (TPSA) is 17.1 Å². The molecule has 0 radical (unpaired) electrons. The third kappa shape index (κ3) is 3.44. The first kappa shape index (κ1) is 13.3. The molecule has 0 atom stereocenters. The van der Waals surface area contributed by atoms with Crippen LogP contribution in [0.4, 0.5) is 13.2 Å². The predicted octanol–water partition coefficient (Wildman–Crippen LogP) is 3.92.